The largest absolute Gasteiger partial charge is 0.493 e. The fraction of sp³-hybridized carbons (Fsp3) is 0.200. The third kappa shape index (κ3) is 5.44. The second kappa shape index (κ2) is 10.9. The minimum atomic E-state index is -0.427. The van der Waals surface area contributed by atoms with Crippen LogP contribution in [-0.2, 0) is 17.9 Å². The van der Waals surface area contributed by atoms with Gasteiger partial charge in [0.2, 0.25) is 6.79 Å². The highest BCUT2D eigenvalue weighted by molar-refractivity contribution is 6.04. The van der Waals surface area contributed by atoms with Crippen LogP contribution < -0.4 is 19.5 Å². The van der Waals surface area contributed by atoms with E-state index < -0.39 is 5.91 Å². The Morgan fingerprint density at radius 1 is 1.11 bits per heavy atom. The predicted octanol–water partition coefficient (Wildman–Crippen LogP) is 5.37. The topological polar surface area (TPSA) is 85.5 Å². The third-order valence-electron chi connectivity index (χ3n) is 6.27. The molecular formula is C30H27N3O4. The second-order valence-corrected chi connectivity index (χ2v) is 8.80. The number of hydrogen-bond donors (Lipinski definition) is 1. The van der Waals surface area contributed by atoms with Crippen molar-refractivity contribution in [1.29, 1.82) is 5.26 Å². The fourth-order valence-corrected chi connectivity index (χ4v) is 4.34. The molecule has 0 radical (unpaired) electrons. The molecule has 1 N–H and O–H groups in total. The van der Waals surface area contributed by atoms with Gasteiger partial charge in [-0.1, -0.05) is 42.5 Å². The average molecular weight is 494 g/mol. The number of hydrogen-bond acceptors (Lipinski definition) is 5. The molecule has 3 aromatic carbocycles. The highest BCUT2D eigenvalue weighted by Crippen LogP contribution is 2.32. The maximum Gasteiger partial charge on any atom is 0.262 e. The second-order valence-electron chi connectivity index (χ2n) is 8.80. The van der Waals surface area contributed by atoms with E-state index in [1.54, 1.807) is 6.08 Å². The molecule has 0 aliphatic carbocycles. The Morgan fingerprint density at radius 3 is 2.78 bits per heavy atom. The number of para-hydroxylation sites is 2. The molecule has 5 rings (SSSR count). The molecule has 1 amide bonds. The van der Waals surface area contributed by atoms with Crippen molar-refractivity contribution >= 4 is 22.9 Å². The normalized spacial score (nSPS) is 12.4. The van der Waals surface area contributed by atoms with Gasteiger partial charge in [0.1, 0.15) is 17.4 Å². The number of carbonyl (C=O) groups excluding carboxylic acids is 1. The Labute approximate surface area is 215 Å². The van der Waals surface area contributed by atoms with Crippen LogP contribution in [0, 0.1) is 18.3 Å². The van der Waals surface area contributed by atoms with E-state index in [0.717, 1.165) is 46.3 Å². The molecule has 1 aliphatic heterocycles. The maximum atomic E-state index is 12.8. The van der Waals surface area contributed by atoms with Crippen LogP contribution in [0.3, 0.4) is 0 Å². The molecule has 0 fully saturated rings. The molecule has 0 bridgehead atoms. The highest BCUT2D eigenvalue weighted by Gasteiger charge is 2.15. The summed E-state index contributed by atoms with van der Waals surface area (Å²) in [7, 11) is 0. The van der Waals surface area contributed by atoms with E-state index in [1.165, 1.54) is 0 Å². The van der Waals surface area contributed by atoms with Crippen molar-refractivity contribution in [1.82, 2.24) is 9.88 Å². The summed E-state index contributed by atoms with van der Waals surface area (Å²) in [6.07, 6.45) is 4.45. The van der Waals surface area contributed by atoms with E-state index in [4.69, 9.17) is 14.2 Å². The molecule has 7 heteroatoms. The molecule has 0 atom stereocenters. The van der Waals surface area contributed by atoms with E-state index >= 15 is 0 Å². The van der Waals surface area contributed by atoms with Crippen molar-refractivity contribution in [2.24, 2.45) is 0 Å². The van der Waals surface area contributed by atoms with Crippen molar-refractivity contribution in [3.8, 4) is 23.3 Å². The van der Waals surface area contributed by atoms with Crippen LogP contribution in [0.25, 0.3) is 17.0 Å². The number of nitriles is 1. The molecular weight excluding hydrogens is 466 g/mol. The van der Waals surface area contributed by atoms with Gasteiger partial charge in [0.25, 0.3) is 5.91 Å². The lowest BCUT2D eigenvalue weighted by Gasteiger charge is -2.09. The van der Waals surface area contributed by atoms with Crippen LogP contribution >= 0.6 is 0 Å². The van der Waals surface area contributed by atoms with Crippen LogP contribution in [0.5, 0.6) is 17.2 Å². The van der Waals surface area contributed by atoms with Crippen molar-refractivity contribution in [3.63, 3.8) is 0 Å². The summed E-state index contributed by atoms with van der Waals surface area (Å²) in [5, 5.41) is 13.5. The van der Waals surface area contributed by atoms with Gasteiger partial charge in [-0.2, -0.15) is 5.26 Å². The lowest BCUT2D eigenvalue weighted by Crippen LogP contribution is -2.23. The standard InChI is InChI=1S/C30H27N3O4/c1-21-7-2-5-10-27(21)35-14-6-13-33-19-24(25-8-3-4-9-26(25)33)16-23(17-31)30(34)32-18-22-11-12-28-29(15-22)37-20-36-28/h2-5,7-12,15-16,19H,6,13-14,18,20H2,1H3,(H,32,34)/b23-16+. The molecule has 1 aliphatic rings. The van der Waals surface area contributed by atoms with Crippen LogP contribution in [-0.4, -0.2) is 23.9 Å². The monoisotopic (exact) mass is 493 g/mol. The first-order chi connectivity index (χ1) is 18.1. The summed E-state index contributed by atoms with van der Waals surface area (Å²) in [6, 6.07) is 23.5. The molecule has 37 heavy (non-hydrogen) atoms. The summed E-state index contributed by atoms with van der Waals surface area (Å²) >= 11 is 0. The van der Waals surface area contributed by atoms with Crippen LogP contribution in [0.15, 0.2) is 78.5 Å². The van der Waals surface area contributed by atoms with Crippen molar-refractivity contribution in [2.45, 2.75) is 26.4 Å². The molecule has 2 heterocycles. The van der Waals surface area contributed by atoms with E-state index in [1.807, 2.05) is 79.9 Å². The zero-order valence-corrected chi connectivity index (χ0v) is 20.6. The van der Waals surface area contributed by atoms with Gasteiger partial charge in [-0.3, -0.25) is 4.79 Å². The Kier molecular flexibility index (Phi) is 7.09. The highest BCUT2D eigenvalue weighted by atomic mass is 16.7. The van der Waals surface area contributed by atoms with Crippen molar-refractivity contribution < 1.29 is 19.0 Å². The number of ether oxygens (including phenoxy) is 3. The number of amides is 1. The maximum absolute atomic E-state index is 12.8. The average Bonchev–Trinajstić information content (AvgIpc) is 3.53. The first-order valence-electron chi connectivity index (χ1n) is 12.2. The van der Waals surface area contributed by atoms with E-state index in [0.29, 0.717) is 18.1 Å². The number of nitrogens with one attached hydrogen (secondary N) is 1. The minimum Gasteiger partial charge on any atom is -0.493 e. The smallest absolute Gasteiger partial charge is 0.262 e. The van der Waals surface area contributed by atoms with Crippen molar-refractivity contribution in [3.05, 3.63) is 95.2 Å². The zero-order valence-electron chi connectivity index (χ0n) is 20.6. The van der Waals surface area contributed by atoms with Crippen LogP contribution in [0.4, 0.5) is 0 Å². The quantitative estimate of drug-likeness (QED) is 0.192. The lowest BCUT2D eigenvalue weighted by atomic mass is 10.1. The number of nitrogens with zero attached hydrogens (tertiary/aromatic N) is 2. The molecule has 4 aromatic rings. The summed E-state index contributed by atoms with van der Waals surface area (Å²) < 4.78 is 18.8. The predicted molar refractivity (Wildman–Crippen MR) is 141 cm³/mol. The SMILES string of the molecule is Cc1ccccc1OCCCn1cc(/C=C(\C#N)C(=O)NCc2ccc3c(c2)OCO3)c2ccccc21. The van der Waals surface area contributed by atoms with E-state index in [-0.39, 0.29) is 18.9 Å². The fourth-order valence-electron chi connectivity index (χ4n) is 4.34. The number of rotatable bonds is 9. The van der Waals surface area contributed by atoms with Crippen molar-refractivity contribution in [2.75, 3.05) is 13.4 Å². The Hall–Kier alpha value is -4.70. The van der Waals surface area contributed by atoms with Gasteiger partial charge in [0, 0.05) is 35.8 Å². The molecule has 0 spiro atoms. The zero-order chi connectivity index (χ0) is 25.6. The van der Waals surface area contributed by atoms with Gasteiger partial charge < -0.3 is 24.1 Å². The van der Waals surface area contributed by atoms with Gasteiger partial charge in [0.05, 0.1) is 6.61 Å². The Morgan fingerprint density at radius 2 is 1.92 bits per heavy atom. The minimum absolute atomic E-state index is 0.0477. The number of aromatic nitrogens is 1. The summed E-state index contributed by atoms with van der Waals surface area (Å²) in [6.45, 7) is 3.84. The molecule has 186 valence electrons. The molecule has 0 unspecified atom stereocenters. The van der Waals surface area contributed by atoms with Gasteiger partial charge in [-0.05, 0) is 54.8 Å². The van der Waals surface area contributed by atoms with Gasteiger partial charge in [-0.25, -0.2) is 0 Å². The summed E-state index contributed by atoms with van der Waals surface area (Å²) in [4.78, 5) is 12.8. The molecule has 7 nitrogen and oxygen atoms in total. The first-order valence-corrected chi connectivity index (χ1v) is 12.2. The number of aryl methyl sites for hydroxylation is 2. The van der Waals surface area contributed by atoms with Gasteiger partial charge in [0.15, 0.2) is 11.5 Å². The summed E-state index contributed by atoms with van der Waals surface area (Å²) in [5.74, 6) is 1.81. The van der Waals surface area contributed by atoms with Gasteiger partial charge in [-0.15, -0.1) is 0 Å². The first kappa shape index (κ1) is 24.0. The lowest BCUT2D eigenvalue weighted by molar-refractivity contribution is -0.117. The Bertz CT molecular complexity index is 1510. The molecule has 0 saturated carbocycles. The molecule has 0 saturated heterocycles. The Balaban J connectivity index is 1.27. The van der Waals surface area contributed by atoms with Crippen LogP contribution in [0.1, 0.15) is 23.1 Å². The van der Waals surface area contributed by atoms with Gasteiger partial charge >= 0.3 is 0 Å². The number of fused-ring (bicyclic) bond motifs is 2. The van der Waals surface area contributed by atoms with E-state index in [9.17, 15) is 10.1 Å². The third-order valence-corrected chi connectivity index (χ3v) is 6.27. The molecule has 1 aromatic heterocycles. The summed E-state index contributed by atoms with van der Waals surface area (Å²) in [5.41, 5.74) is 3.89. The van der Waals surface area contributed by atoms with E-state index in [2.05, 4.69) is 16.0 Å². The number of carbonyl (C=O) groups is 1. The van der Waals surface area contributed by atoms with Crippen LogP contribution in [0.2, 0.25) is 0 Å². The number of benzene rings is 3.